The lowest BCUT2D eigenvalue weighted by molar-refractivity contribution is 0.102. The second-order valence-electron chi connectivity index (χ2n) is 4.98. The fourth-order valence-electron chi connectivity index (χ4n) is 2.39. The highest BCUT2D eigenvalue weighted by Crippen LogP contribution is 2.13. The summed E-state index contributed by atoms with van der Waals surface area (Å²) in [7, 11) is 0. The van der Waals surface area contributed by atoms with E-state index in [-0.39, 0.29) is 5.56 Å². The first-order chi connectivity index (χ1) is 11.1. The van der Waals surface area contributed by atoms with Crippen molar-refractivity contribution in [1.82, 2.24) is 9.55 Å². The SMILES string of the molecule is CCn1c(=O)c(C(=O)Nc2ccc(F)cc2)cc2cccnc21. The summed E-state index contributed by atoms with van der Waals surface area (Å²) < 4.78 is 14.4. The third kappa shape index (κ3) is 2.83. The van der Waals surface area contributed by atoms with Crippen molar-refractivity contribution in [3.05, 3.63) is 70.4 Å². The number of nitrogens with zero attached hydrogens (tertiary/aromatic N) is 2. The zero-order chi connectivity index (χ0) is 16.4. The van der Waals surface area contributed by atoms with Gasteiger partial charge in [-0.3, -0.25) is 14.2 Å². The van der Waals surface area contributed by atoms with Crippen LogP contribution in [0.3, 0.4) is 0 Å². The molecular weight excluding hydrogens is 297 g/mol. The van der Waals surface area contributed by atoms with Crippen LogP contribution in [0.5, 0.6) is 0 Å². The predicted molar refractivity (Wildman–Crippen MR) is 86.0 cm³/mol. The summed E-state index contributed by atoms with van der Waals surface area (Å²) in [6.07, 6.45) is 1.60. The first-order valence-electron chi connectivity index (χ1n) is 7.15. The Morgan fingerprint density at radius 1 is 1.26 bits per heavy atom. The number of nitrogens with one attached hydrogen (secondary N) is 1. The van der Waals surface area contributed by atoms with Gasteiger partial charge < -0.3 is 5.32 Å². The van der Waals surface area contributed by atoms with Gasteiger partial charge in [0, 0.05) is 23.8 Å². The smallest absolute Gasteiger partial charge is 0.265 e. The highest BCUT2D eigenvalue weighted by molar-refractivity contribution is 6.05. The number of carbonyl (C=O) groups excluding carboxylic acids is 1. The van der Waals surface area contributed by atoms with Crippen LogP contribution in [-0.2, 0) is 6.54 Å². The van der Waals surface area contributed by atoms with E-state index in [0.29, 0.717) is 23.3 Å². The molecule has 0 saturated heterocycles. The molecule has 23 heavy (non-hydrogen) atoms. The molecule has 3 aromatic rings. The van der Waals surface area contributed by atoms with Gasteiger partial charge in [-0.1, -0.05) is 0 Å². The van der Waals surface area contributed by atoms with Gasteiger partial charge in [0.15, 0.2) is 0 Å². The number of aromatic nitrogens is 2. The maximum absolute atomic E-state index is 12.9. The highest BCUT2D eigenvalue weighted by atomic mass is 19.1. The number of hydrogen-bond acceptors (Lipinski definition) is 3. The summed E-state index contributed by atoms with van der Waals surface area (Å²) in [4.78, 5) is 29.1. The zero-order valence-electron chi connectivity index (χ0n) is 12.4. The second kappa shape index (κ2) is 6.00. The number of hydrogen-bond donors (Lipinski definition) is 1. The number of rotatable bonds is 3. The van der Waals surface area contributed by atoms with Crippen molar-refractivity contribution in [2.75, 3.05) is 5.32 Å². The Kier molecular flexibility index (Phi) is 3.89. The van der Waals surface area contributed by atoms with Crippen LogP contribution in [0.4, 0.5) is 10.1 Å². The van der Waals surface area contributed by atoms with Crippen LogP contribution < -0.4 is 10.9 Å². The average Bonchev–Trinajstić information content (AvgIpc) is 2.56. The zero-order valence-corrected chi connectivity index (χ0v) is 12.4. The summed E-state index contributed by atoms with van der Waals surface area (Å²) in [5.74, 6) is -0.928. The topological polar surface area (TPSA) is 64.0 Å². The lowest BCUT2D eigenvalue weighted by Crippen LogP contribution is -2.29. The van der Waals surface area contributed by atoms with Gasteiger partial charge in [0.05, 0.1) is 0 Å². The van der Waals surface area contributed by atoms with E-state index in [1.807, 2.05) is 6.92 Å². The molecule has 1 N–H and O–H groups in total. The molecule has 0 spiro atoms. The van der Waals surface area contributed by atoms with Crippen molar-refractivity contribution in [3.8, 4) is 0 Å². The van der Waals surface area contributed by atoms with E-state index >= 15 is 0 Å². The molecule has 3 rings (SSSR count). The third-order valence-electron chi connectivity index (χ3n) is 3.51. The number of aryl methyl sites for hydroxylation is 1. The van der Waals surface area contributed by atoms with Gasteiger partial charge >= 0.3 is 0 Å². The molecule has 1 aromatic carbocycles. The molecule has 1 amide bonds. The molecule has 0 fully saturated rings. The Labute approximate surface area is 131 Å². The standard InChI is InChI=1S/C17H14FN3O2/c1-2-21-15-11(4-3-9-19-15)10-14(17(21)23)16(22)20-13-7-5-12(18)6-8-13/h3-10H,2H2,1H3,(H,20,22). The van der Waals surface area contributed by atoms with E-state index in [1.54, 1.807) is 18.3 Å². The molecular formula is C17H14FN3O2. The summed E-state index contributed by atoms with van der Waals surface area (Å²) in [6.45, 7) is 2.22. The largest absolute Gasteiger partial charge is 0.322 e. The van der Waals surface area contributed by atoms with Crippen molar-refractivity contribution in [2.45, 2.75) is 13.5 Å². The average molecular weight is 311 g/mol. The minimum Gasteiger partial charge on any atom is -0.322 e. The lowest BCUT2D eigenvalue weighted by Gasteiger charge is -2.10. The number of benzene rings is 1. The first-order valence-corrected chi connectivity index (χ1v) is 7.15. The van der Waals surface area contributed by atoms with E-state index in [4.69, 9.17) is 0 Å². The van der Waals surface area contributed by atoms with Crippen molar-refractivity contribution < 1.29 is 9.18 Å². The number of pyridine rings is 2. The maximum Gasteiger partial charge on any atom is 0.265 e. The van der Waals surface area contributed by atoms with E-state index in [0.717, 1.165) is 0 Å². The monoisotopic (exact) mass is 311 g/mol. The Morgan fingerprint density at radius 3 is 2.70 bits per heavy atom. The van der Waals surface area contributed by atoms with Crippen molar-refractivity contribution >= 4 is 22.6 Å². The maximum atomic E-state index is 12.9. The van der Waals surface area contributed by atoms with Crippen molar-refractivity contribution in [2.24, 2.45) is 0 Å². The normalized spacial score (nSPS) is 10.7. The van der Waals surface area contributed by atoms with E-state index in [2.05, 4.69) is 10.3 Å². The molecule has 0 aliphatic rings. The highest BCUT2D eigenvalue weighted by Gasteiger charge is 2.15. The quantitative estimate of drug-likeness (QED) is 0.809. The Morgan fingerprint density at radius 2 is 2.00 bits per heavy atom. The summed E-state index contributed by atoms with van der Waals surface area (Å²) >= 11 is 0. The number of anilines is 1. The molecule has 0 aliphatic heterocycles. The Hall–Kier alpha value is -3.02. The molecule has 2 heterocycles. The van der Waals surface area contributed by atoms with Crippen LogP contribution in [0.25, 0.3) is 11.0 Å². The first kappa shape index (κ1) is 14.9. The minimum absolute atomic E-state index is 0.0247. The summed E-state index contributed by atoms with van der Waals surface area (Å²) in [6, 6.07) is 10.4. The van der Waals surface area contributed by atoms with Gasteiger partial charge in [-0.2, -0.15) is 0 Å². The molecule has 116 valence electrons. The van der Waals surface area contributed by atoms with E-state index in [1.165, 1.54) is 34.9 Å². The predicted octanol–water partition coefficient (Wildman–Crippen LogP) is 2.81. The van der Waals surface area contributed by atoms with Crippen molar-refractivity contribution in [1.29, 1.82) is 0 Å². The van der Waals surface area contributed by atoms with Gasteiger partial charge in [-0.05, 0) is 49.4 Å². The molecule has 0 atom stereocenters. The van der Waals surface area contributed by atoms with Gasteiger partial charge in [-0.15, -0.1) is 0 Å². The summed E-state index contributed by atoms with van der Waals surface area (Å²) in [5.41, 5.74) is 0.582. The number of fused-ring (bicyclic) bond motifs is 1. The fraction of sp³-hybridized carbons (Fsp3) is 0.118. The van der Waals surface area contributed by atoms with Crippen LogP contribution >= 0.6 is 0 Å². The molecule has 0 bridgehead atoms. The van der Waals surface area contributed by atoms with E-state index < -0.39 is 17.3 Å². The van der Waals surface area contributed by atoms with Gasteiger partial charge in [0.25, 0.3) is 11.5 Å². The molecule has 5 nitrogen and oxygen atoms in total. The van der Waals surface area contributed by atoms with Gasteiger partial charge in [0.2, 0.25) is 0 Å². The minimum atomic E-state index is -0.533. The molecule has 0 radical (unpaired) electrons. The van der Waals surface area contributed by atoms with Crippen LogP contribution in [0.15, 0.2) is 53.5 Å². The Bertz CT molecular complexity index is 933. The number of amides is 1. The van der Waals surface area contributed by atoms with Crippen molar-refractivity contribution in [3.63, 3.8) is 0 Å². The fourth-order valence-corrected chi connectivity index (χ4v) is 2.39. The summed E-state index contributed by atoms with van der Waals surface area (Å²) in [5, 5.41) is 3.31. The third-order valence-corrected chi connectivity index (χ3v) is 3.51. The van der Waals surface area contributed by atoms with Crippen LogP contribution in [-0.4, -0.2) is 15.5 Å². The van der Waals surface area contributed by atoms with Crippen LogP contribution in [0.1, 0.15) is 17.3 Å². The number of carbonyl (C=O) groups is 1. The molecule has 6 heteroatoms. The molecule has 2 aromatic heterocycles. The van der Waals surface area contributed by atoms with Crippen LogP contribution in [0, 0.1) is 5.82 Å². The number of halogens is 1. The van der Waals surface area contributed by atoms with Gasteiger partial charge in [-0.25, -0.2) is 9.37 Å². The van der Waals surface area contributed by atoms with Crippen LogP contribution in [0.2, 0.25) is 0 Å². The lowest BCUT2D eigenvalue weighted by atomic mass is 10.2. The second-order valence-corrected chi connectivity index (χ2v) is 4.98. The molecule has 0 unspecified atom stereocenters. The Balaban J connectivity index is 2.05. The molecule has 0 saturated carbocycles. The van der Waals surface area contributed by atoms with E-state index in [9.17, 15) is 14.0 Å². The van der Waals surface area contributed by atoms with Gasteiger partial charge in [0.1, 0.15) is 17.0 Å². The molecule has 0 aliphatic carbocycles.